The van der Waals surface area contributed by atoms with Crippen LogP contribution < -0.4 is 0 Å². The zero-order chi connectivity index (χ0) is 11.0. The SMILES string of the molecule is CCCCC=C(C)COC(=O)C(C)C. The van der Waals surface area contributed by atoms with Gasteiger partial charge in [-0.2, -0.15) is 0 Å². The minimum Gasteiger partial charge on any atom is -0.461 e. The fraction of sp³-hybridized carbons (Fsp3) is 0.750. The van der Waals surface area contributed by atoms with Gasteiger partial charge in [0.15, 0.2) is 0 Å². The lowest BCUT2D eigenvalue weighted by atomic mass is 10.2. The van der Waals surface area contributed by atoms with E-state index in [0.717, 1.165) is 12.0 Å². The molecule has 0 aliphatic rings. The molecular formula is C12H22O2. The Morgan fingerprint density at radius 1 is 1.43 bits per heavy atom. The van der Waals surface area contributed by atoms with Crippen LogP contribution in [0.15, 0.2) is 11.6 Å². The summed E-state index contributed by atoms with van der Waals surface area (Å²) < 4.78 is 5.09. The molecule has 0 atom stereocenters. The Bertz CT molecular complexity index is 192. The van der Waals surface area contributed by atoms with Gasteiger partial charge in [-0.25, -0.2) is 0 Å². The van der Waals surface area contributed by atoms with Gasteiger partial charge in [0.1, 0.15) is 6.61 Å². The Morgan fingerprint density at radius 2 is 2.07 bits per heavy atom. The normalized spacial score (nSPS) is 11.9. The maximum atomic E-state index is 11.1. The zero-order valence-electron chi connectivity index (χ0n) is 9.80. The molecule has 2 nitrogen and oxygen atoms in total. The summed E-state index contributed by atoms with van der Waals surface area (Å²) in [7, 11) is 0. The van der Waals surface area contributed by atoms with Gasteiger partial charge in [-0.15, -0.1) is 0 Å². The van der Waals surface area contributed by atoms with E-state index in [2.05, 4.69) is 13.0 Å². The van der Waals surface area contributed by atoms with Crippen molar-refractivity contribution in [3.63, 3.8) is 0 Å². The standard InChI is InChI=1S/C12H22O2/c1-5-6-7-8-11(4)9-14-12(13)10(2)3/h8,10H,5-7,9H2,1-4H3. The average Bonchev–Trinajstić information content (AvgIpc) is 2.14. The van der Waals surface area contributed by atoms with Gasteiger partial charge in [-0.3, -0.25) is 4.79 Å². The second kappa shape index (κ2) is 7.60. The second-order valence-electron chi connectivity index (χ2n) is 3.96. The van der Waals surface area contributed by atoms with E-state index >= 15 is 0 Å². The summed E-state index contributed by atoms with van der Waals surface area (Å²) in [5, 5.41) is 0. The fourth-order valence-electron chi connectivity index (χ4n) is 0.963. The van der Waals surface area contributed by atoms with Crippen LogP contribution in [0.4, 0.5) is 0 Å². The summed E-state index contributed by atoms with van der Waals surface area (Å²) in [6, 6.07) is 0. The lowest BCUT2D eigenvalue weighted by molar-refractivity contribution is -0.146. The third kappa shape index (κ3) is 6.70. The molecule has 0 unspecified atom stereocenters. The summed E-state index contributed by atoms with van der Waals surface area (Å²) in [5.41, 5.74) is 1.15. The first-order chi connectivity index (χ1) is 6.57. The molecule has 14 heavy (non-hydrogen) atoms. The van der Waals surface area contributed by atoms with Gasteiger partial charge in [0.2, 0.25) is 0 Å². The summed E-state index contributed by atoms with van der Waals surface area (Å²) in [5.74, 6) is -0.147. The molecule has 0 rings (SSSR count). The average molecular weight is 198 g/mol. The van der Waals surface area contributed by atoms with Crippen LogP contribution in [0.25, 0.3) is 0 Å². The minimum absolute atomic E-state index is 0.0292. The monoisotopic (exact) mass is 198 g/mol. The molecular weight excluding hydrogens is 176 g/mol. The number of hydrogen-bond donors (Lipinski definition) is 0. The van der Waals surface area contributed by atoms with Crippen LogP contribution in [0.1, 0.15) is 47.0 Å². The number of allylic oxidation sites excluding steroid dienone is 1. The van der Waals surface area contributed by atoms with Gasteiger partial charge in [0.05, 0.1) is 5.92 Å². The third-order valence-corrected chi connectivity index (χ3v) is 1.96. The predicted molar refractivity (Wildman–Crippen MR) is 59.1 cm³/mol. The van der Waals surface area contributed by atoms with E-state index in [-0.39, 0.29) is 11.9 Å². The molecule has 0 bridgehead atoms. The maximum absolute atomic E-state index is 11.1. The van der Waals surface area contributed by atoms with Crippen molar-refractivity contribution in [3.8, 4) is 0 Å². The van der Waals surface area contributed by atoms with E-state index in [1.54, 1.807) is 0 Å². The van der Waals surface area contributed by atoms with Gasteiger partial charge in [0.25, 0.3) is 0 Å². The van der Waals surface area contributed by atoms with E-state index in [0.29, 0.717) is 6.61 Å². The number of carbonyl (C=O) groups excluding carboxylic acids is 1. The number of ether oxygens (including phenoxy) is 1. The van der Waals surface area contributed by atoms with Crippen LogP contribution >= 0.6 is 0 Å². The van der Waals surface area contributed by atoms with Gasteiger partial charge in [-0.1, -0.05) is 39.7 Å². The van der Waals surface area contributed by atoms with E-state index in [9.17, 15) is 4.79 Å². The number of hydrogen-bond acceptors (Lipinski definition) is 2. The molecule has 0 fully saturated rings. The summed E-state index contributed by atoms with van der Waals surface area (Å²) in [6.07, 6.45) is 5.64. The van der Waals surface area contributed by atoms with Crippen LogP contribution in [-0.2, 0) is 9.53 Å². The molecule has 0 N–H and O–H groups in total. The highest BCUT2D eigenvalue weighted by Gasteiger charge is 2.07. The van der Waals surface area contributed by atoms with E-state index < -0.39 is 0 Å². The molecule has 0 heterocycles. The first-order valence-electron chi connectivity index (χ1n) is 5.40. The molecule has 0 radical (unpaired) electrons. The van der Waals surface area contributed by atoms with Crippen molar-refractivity contribution in [3.05, 3.63) is 11.6 Å². The third-order valence-electron chi connectivity index (χ3n) is 1.96. The summed E-state index contributed by atoms with van der Waals surface area (Å²) in [4.78, 5) is 11.1. The Hall–Kier alpha value is -0.790. The second-order valence-corrected chi connectivity index (χ2v) is 3.96. The fourth-order valence-corrected chi connectivity index (χ4v) is 0.963. The highest BCUT2D eigenvalue weighted by atomic mass is 16.5. The van der Waals surface area contributed by atoms with Gasteiger partial charge in [-0.05, 0) is 18.9 Å². The van der Waals surface area contributed by atoms with Crippen LogP contribution in [0.2, 0.25) is 0 Å². The lowest BCUT2D eigenvalue weighted by Crippen LogP contribution is -2.12. The quantitative estimate of drug-likeness (QED) is 0.372. The molecule has 0 aliphatic heterocycles. The maximum Gasteiger partial charge on any atom is 0.308 e. The first kappa shape index (κ1) is 13.2. The van der Waals surface area contributed by atoms with Crippen LogP contribution in [-0.4, -0.2) is 12.6 Å². The van der Waals surface area contributed by atoms with Crippen molar-refractivity contribution >= 4 is 5.97 Å². The molecule has 0 aromatic heterocycles. The first-order valence-corrected chi connectivity index (χ1v) is 5.40. The van der Waals surface area contributed by atoms with Crippen molar-refractivity contribution in [2.75, 3.05) is 6.61 Å². The predicted octanol–water partition coefficient (Wildman–Crippen LogP) is 3.32. The lowest BCUT2D eigenvalue weighted by Gasteiger charge is -2.07. The van der Waals surface area contributed by atoms with Crippen LogP contribution in [0.3, 0.4) is 0 Å². The van der Waals surface area contributed by atoms with E-state index in [1.807, 2.05) is 20.8 Å². The van der Waals surface area contributed by atoms with Crippen molar-refractivity contribution in [2.45, 2.75) is 47.0 Å². The molecule has 0 saturated heterocycles. The Balaban J connectivity index is 3.67. The molecule has 0 spiro atoms. The molecule has 0 aromatic carbocycles. The van der Waals surface area contributed by atoms with Gasteiger partial charge < -0.3 is 4.74 Å². The van der Waals surface area contributed by atoms with Crippen LogP contribution in [0, 0.1) is 5.92 Å². The van der Waals surface area contributed by atoms with Crippen molar-refractivity contribution in [2.24, 2.45) is 5.92 Å². The smallest absolute Gasteiger partial charge is 0.308 e. The zero-order valence-corrected chi connectivity index (χ0v) is 9.80. The molecule has 0 saturated carbocycles. The summed E-state index contributed by atoms with van der Waals surface area (Å²) in [6.45, 7) is 8.31. The number of carbonyl (C=O) groups is 1. The summed E-state index contributed by atoms with van der Waals surface area (Å²) >= 11 is 0. The topological polar surface area (TPSA) is 26.3 Å². The number of rotatable bonds is 6. The highest BCUT2D eigenvalue weighted by molar-refractivity contribution is 5.71. The largest absolute Gasteiger partial charge is 0.461 e. The van der Waals surface area contributed by atoms with E-state index in [1.165, 1.54) is 12.8 Å². The highest BCUT2D eigenvalue weighted by Crippen LogP contribution is 2.03. The van der Waals surface area contributed by atoms with E-state index in [4.69, 9.17) is 4.74 Å². The molecule has 82 valence electrons. The van der Waals surface area contributed by atoms with Gasteiger partial charge >= 0.3 is 5.97 Å². The van der Waals surface area contributed by atoms with Crippen molar-refractivity contribution < 1.29 is 9.53 Å². The van der Waals surface area contributed by atoms with Crippen molar-refractivity contribution in [1.29, 1.82) is 0 Å². The number of esters is 1. The Morgan fingerprint density at radius 3 is 2.57 bits per heavy atom. The molecule has 2 heteroatoms. The molecule has 0 aromatic rings. The van der Waals surface area contributed by atoms with Crippen molar-refractivity contribution in [1.82, 2.24) is 0 Å². The Labute approximate surface area is 87.3 Å². The number of unbranched alkanes of at least 4 members (excludes halogenated alkanes) is 2. The molecule has 0 aliphatic carbocycles. The molecule has 0 amide bonds. The minimum atomic E-state index is -0.117. The van der Waals surface area contributed by atoms with Crippen LogP contribution in [0.5, 0.6) is 0 Å². The Kier molecular flexibility index (Phi) is 7.17. The van der Waals surface area contributed by atoms with Gasteiger partial charge in [0, 0.05) is 0 Å².